The van der Waals surface area contributed by atoms with Gasteiger partial charge in [-0.1, -0.05) is 6.92 Å². The first-order valence-electron chi connectivity index (χ1n) is 6.99. The molecular weight excluding hydrogens is 270 g/mol. The molecule has 1 heterocycles. The molecule has 0 aromatic heterocycles. The van der Waals surface area contributed by atoms with Crippen molar-refractivity contribution in [3.05, 3.63) is 23.8 Å². The summed E-state index contributed by atoms with van der Waals surface area (Å²) in [6.45, 7) is 7.80. The quantitative estimate of drug-likeness (QED) is 0.840. The van der Waals surface area contributed by atoms with E-state index in [9.17, 15) is 4.79 Å². The Morgan fingerprint density at radius 3 is 2.95 bits per heavy atom. The molecule has 1 fully saturated rings. The molecule has 4 nitrogen and oxygen atoms in total. The second kappa shape index (κ2) is 6.50. The topological polar surface area (TPSA) is 58.4 Å². The molecule has 2 atom stereocenters. The fourth-order valence-electron chi connectivity index (χ4n) is 2.42. The summed E-state index contributed by atoms with van der Waals surface area (Å²) in [5.41, 5.74) is 8.27. The van der Waals surface area contributed by atoms with Gasteiger partial charge in [0.1, 0.15) is 0 Å². The van der Waals surface area contributed by atoms with Crippen molar-refractivity contribution in [2.45, 2.75) is 32.1 Å². The second-order valence-electron chi connectivity index (χ2n) is 5.41. The third-order valence-electron chi connectivity index (χ3n) is 3.89. The molecule has 0 spiro atoms. The SMILES string of the molecule is Cc1cc(N)ccc1NC(=O)CN1CCSC(C)C1C. The number of carbonyl (C=O) groups excluding carboxylic acids is 1. The first-order valence-corrected chi connectivity index (χ1v) is 8.04. The number of hydrogen-bond acceptors (Lipinski definition) is 4. The van der Waals surface area contributed by atoms with Crippen LogP contribution in [0.5, 0.6) is 0 Å². The number of benzene rings is 1. The molecule has 20 heavy (non-hydrogen) atoms. The molecule has 1 aliphatic rings. The number of nitrogen functional groups attached to an aromatic ring is 1. The van der Waals surface area contributed by atoms with Crippen LogP contribution in [0.3, 0.4) is 0 Å². The second-order valence-corrected chi connectivity index (χ2v) is 6.89. The standard InChI is InChI=1S/C15H23N3OS/c1-10-8-13(16)4-5-14(10)17-15(19)9-18-6-7-20-12(3)11(18)2/h4-5,8,11-12H,6-7,9,16H2,1-3H3,(H,17,19). The van der Waals surface area contributed by atoms with Crippen molar-refractivity contribution in [3.63, 3.8) is 0 Å². The first kappa shape index (κ1) is 15.2. The summed E-state index contributed by atoms with van der Waals surface area (Å²) in [4.78, 5) is 14.4. The number of nitrogens with zero attached hydrogens (tertiary/aromatic N) is 1. The Kier molecular flexibility index (Phi) is 4.94. The maximum Gasteiger partial charge on any atom is 0.238 e. The fourth-order valence-corrected chi connectivity index (χ4v) is 3.58. The van der Waals surface area contributed by atoms with E-state index in [-0.39, 0.29) is 5.91 Å². The average Bonchev–Trinajstić information content (AvgIpc) is 2.38. The van der Waals surface area contributed by atoms with Gasteiger partial charge in [-0.25, -0.2) is 0 Å². The normalized spacial score (nSPS) is 23.6. The van der Waals surface area contributed by atoms with E-state index in [0.29, 0.717) is 17.8 Å². The van der Waals surface area contributed by atoms with Gasteiger partial charge >= 0.3 is 0 Å². The predicted octanol–water partition coefficient (Wildman–Crippen LogP) is 2.34. The number of rotatable bonds is 3. The molecule has 1 aromatic carbocycles. The molecule has 0 radical (unpaired) electrons. The Morgan fingerprint density at radius 1 is 1.50 bits per heavy atom. The maximum absolute atomic E-state index is 12.2. The molecule has 0 bridgehead atoms. The van der Waals surface area contributed by atoms with Crippen molar-refractivity contribution in [1.29, 1.82) is 0 Å². The third-order valence-corrected chi connectivity index (χ3v) is 5.22. The van der Waals surface area contributed by atoms with Crippen LogP contribution in [0, 0.1) is 6.92 Å². The number of amides is 1. The van der Waals surface area contributed by atoms with Crippen molar-refractivity contribution in [3.8, 4) is 0 Å². The Morgan fingerprint density at radius 2 is 2.25 bits per heavy atom. The number of hydrogen-bond donors (Lipinski definition) is 2. The summed E-state index contributed by atoms with van der Waals surface area (Å²) in [6, 6.07) is 5.98. The van der Waals surface area contributed by atoms with Gasteiger partial charge in [-0.05, 0) is 37.6 Å². The monoisotopic (exact) mass is 293 g/mol. The summed E-state index contributed by atoms with van der Waals surface area (Å²) in [6.07, 6.45) is 0. The smallest absolute Gasteiger partial charge is 0.238 e. The lowest BCUT2D eigenvalue weighted by atomic mass is 10.1. The van der Waals surface area contributed by atoms with Gasteiger partial charge in [-0.3, -0.25) is 9.69 Å². The minimum Gasteiger partial charge on any atom is -0.399 e. The van der Waals surface area contributed by atoms with Crippen LogP contribution in [0.2, 0.25) is 0 Å². The first-order chi connectivity index (χ1) is 9.47. The molecule has 5 heteroatoms. The van der Waals surface area contributed by atoms with Gasteiger partial charge < -0.3 is 11.1 Å². The lowest BCUT2D eigenvalue weighted by molar-refractivity contribution is -0.117. The molecule has 3 N–H and O–H groups in total. The molecule has 1 aliphatic heterocycles. The largest absolute Gasteiger partial charge is 0.399 e. The van der Waals surface area contributed by atoms with E-state index >= 15 is 0 Å². The van der Waals surface area contributed by atoms with E-state index in [2.05, 4.69) is 24.1 Å². The van der Waals surface area contributed by atoms with E-state index < -0.39 is 0 Å². The summed E-state index contributed by atoms with van der Waals surface area (Å²) >= 11 is 1.98. The number of aryl methyl sites for hydroxylation is 1. The lowest BCUT2D eigenvalue weighted by Crippen LogP contribution is -2.47. The van der Waals surface area contributed by atoms with Gasteiger partial charge in [0, 0.05) is 35.0 Å². The van der Waals surface area contributed by atoms with Crippen LogP contribution in [-0.2, 0) is 4.79 Å². The highest BCUT2D eigenvalue weighted by molar-refractivity contribution is 8.00. The molecule has 1 aromatic rings. The zero-order valence-corrected chi connectivity index (χ0v) is 13.2. The zero-order valence-electron chi connectivity index (χ0n) is 12.3. The third kappa shape index (κ3) is 3.67. The van der Waals surface area contributed by atoms with Gasteiger partial charge in [0.15, 0.2) is 0 Å². The van der Waals surface area contributed by atoms with Crippen LogP contribution in [0.15, 0.2) is 18.2 Å². The van der Waals surface area contributed by atoms with Crippen molar-refractivity contribution in [2.75, 3.05) is 29.9 Å². The number of nitrogens with two attached hydrogens (primary N) is 1. The number of thioether (sulfide) groups is 1. The molecule has 0 aliphatic carbocycles. The number of nitrogens with one attached hydrogen (secondary N) is 1. The highest BCUT2D eigenvalue weighted by atomic mass is 32.2. The highest BCUT2D eigenvalue weighted by Crippen LogP contribution is 2.24. The summed E-state index contributed by atoms with van der Waals surface area (Å²) in [7, 11) is 0. The van der Waals surface area contributed by atoms with E-state index in [0.717, 1.165) is 29.2 Å². The summed E-state index contributed by atoms with van der Waals surface area (Å²) in [5.74, 6) is 1.14. The van der Waals surface area contributed by atoms with Crippen LogP contribution in [-0.4, -0.2) is 40.9 Å². The minimum atomic E-state index is 0.0452. The average molecular weight is 293 g/mol. The van der Waals surface area contributed by atoms with Crippen molar-refractivity contribution in [2.24, 2.45) is 0 Å². The van der Waals surface area contributed by atoms with E-state index in [1.54, 1.807) is 0 Å². The Balaban J connectivity index is 1.95. The molecular formula is C15H23N3OS. The van der Waals surface area contributed by atoms with Crippen LogP contribution >= 0.6 is 11.8 Å². The van der Waals surface area contributed by atoms with Crippen molar-refractivity contribution in [1.82, 2.24) is 4.90 Å². The van der Waals surface area contributed by atoms with Crippen LogP contribution in [0.25, 0.3) is 0 Å². The van der Waals surface area contributed by atoms with Crippen LogP contribution in [0.1, 0.15) is 19.4 Å². The Labute approximate surface area is 125 Å². The van der Waals surface area contributed by atoms with Gasteiger partial charge in [-0.15, -0.1) is 0 Å². The van der Waals surface area contributed by atoms with Crippen molar-refractivity contribution < 1.29 is 4.79 Å². The van der Waals surface area contributed by atoms with Gasteiger partial charge in [-0.2, -0.15) is 11.8 Å². The molecule has 1 amide bonds. The molecule has 1 saturated heterocycles. The molecule has 2 unspecified atom stereocenters. The number of anilines is 2. The van der Waals surface area contributed by atoms with Crippen LogP contribution in [0.4, 0.5) is 11.4 Å². The fraction of sp³-hybridized carbons (Fsp3) is 0.533. The van der Waals surface area contributed by atoms with Gasteiger partial charge in [0.2, 0.25) is 5.91 Å². The van der Waals surface area contributed by atoms with Gasteiger partial charge in [0.05, 0.1) is 6.54 Å². The summed E-state index contributed by atoms with van der Waals surface area (Å²) < 4.78 is 0. The molecule has 110 valence electrons. The molecule has 2 rings (SSSR count). The predicted molar refractivity (Wildman–Crippen MR) is 87.2 cm³/mol. The van der Waals surface area contributed by atoms with E-state index in [1.807, 2.05) is 36.9 Å². The Bertz CT molecular complexity index is 492. The maximum atomic E-state index is 12.2. The zero-order chi connectivity index (χ0) is 14.7. The van der Waals surface area contributed by atoms with Crippen LogP contribution < -0.4 is 11.1 Å². The van der Waals surface area contributed by atoms with E-state index in [4.69, 9.17) is 5.73 Å². The van der Waals surface area contributed by atoms with E-state index in [1.165, 1.54) is 0 Å². The Hall–Kier alpha value is -1.20. The van der Waals surface area contributed by atoms with Gasteiger partial charge in [0.25, 0.3) is 0 Å². The number of carbonyl (C=O) groups is 1. The lowest BCUT2D eigenvalue weighted by Gasteiger charge is -2.36. The molecule has 0 saturated carbocycles. The van der Waals surface area contributed by atoms with Crippen molar-refractivity contribution >= 4 is 29.0 Å². The summed E-state index contributed by atoms with van der Waals surface area (Å²) in [5, 5.41) is 3.56. The highest BCUT2D eigenvalue weighted by Gasteiger charge is 2.26. The minimum absolute atomic E-state index is 0.0452.